The first-order valence-electron chi connectivity index (χ1n) is 9.66. The second-order valence-electron chi connectivity index (χ2n) is 7.56. The lowest BCUT2D eigenvalue weighted by Crippen LogP contribution is -2.29. The van der Waals surface area contributed by atoms with Crippen LogP contribution in [0.15, 0.2) is 0 Å². The van der Waals surface area contributed by atoms with E-state index in [1.807, 2.05) is 39.6 Å². The van der Waals surface area contributed by atoms with Gasteiger partial charge in [-0.25, -0.2) is 15.0 Å². The summed E-state index contributed by atoms with van der Waals surface area (Å²) >= 11 is 3.19. The first-order chi connectivity index (χ1) is 13.1. The molecule has 0 saturated heterocycles. The zero-order valence-electron chi connectivity index (χ0n) is 17.9. The van der Waals surface area contributed by atoms with Crippen LogP contribution in [0.3, 0.4) is 0 Å². The monoisotopic (exact) mass is 416 g/mol. The Morgan fingerprint density at radius 2 is 1.71 bits per heavy atom. The quantitative estimate of drug-likeness (QED) is 0.544. The summed E-state index contributed by atoms with van der Waals surface area (Å²) < 4.78 is 0. The topological polar surface area (TPSA) is 59.0 Å². The van der Waals surface area contributed by atoms with Gasteiger partial charge in [-0.2, -0.15) is 0 Å². The maximum atomic E-state index is 13.3. The van der Waals surface area contributed by atoms with E-state index in [1.165, 1.54) is 11.3 Å². The minimum Gasteiger partial charge on any atom is -0.333 e. The minimum absolute atomic E-state index is 0.0273. The second kappa shape index (κ2) is 7.87. The first kappa shape index (κ1) is 20.9. The minimum atomic E-state index is -0.0273. The summed E-state index contributed by atoms with van der Waals surface area (Å²) in [6.07, 6.45) is 0.788. The number of nitrogens with zero attached hydrogens (tertiary/aromatic N) is 4. The molecule has 0 bridgehead atoms. The molecule has 3 rings (SSSR count). The van der Waals surface area contributed by atoms with Crippen molar-refractivity contribution in [2.24, 2.45) is 0 Å². The Bertz CT molecular complexity index is 1030. The molecular weight excluding hydrogens is 388 g/mol. The van der Waals surface area contributed by atoms with Crippen LogP contribution in [0.1, 0.15) is 82.0 Å². The fraction of sp³-hybridized carbons (Fsp3) is 0.524. The highest BCUT2D eigenvalue weighted by Crippen LogP contribution is 2.36. The van der Waals surface area contributed by atoms with Crippen LogP contribution < -0.4 is 0 Å². The van der Waals surface area contributed by atoms with Crippen LogP contribution in [0.5, 0.6) is 0 Å². The third-order valence-electron chi connectivity index (χ3n) is 5.15. The van der Waals surface area contributed by atoms with Gasteiger partial charge >= 0.3 is 0 Å². The fourth-order valence-electron chi connectivity index (χ4n) is 3.33. The number of hydrogen-bond acceptors (Lipinski definition) is 6. The highest BCUT2D eigenvalue weighted by Gasteiger charge is 2.27. The van der Waals surface area contributed by atoms with Gasteiger partial charge in [0.1, 0.15) is 10.7 Å². The summed E-state index contributed by atoms with van der Waals surface area (Å²) in [5, 5.41) is 2.14. The van der Waals surface area contributed by atoms with Gasteiger partial charge in [0.2, 0.25) is 0 Å². The molecule has 0 fully saturated rings. The molecule has 0 N–H and O–H groups in total. The molecule has 3 heterocycles. The molecule has 0 aromatic carbocycles. The van der Waals surface area contributed by atoms with E-state index in [4.69, 9.17) is 4.98 Å². The molecule has 0 spiro atoms. The third kappa shape index (κ3) is 3.57. The lowest BCUT2D eigenvalue weighted by Gasteiger charge is -2.24. The molecule has 3 aromatic heterocycles. The van der Waals surface area contributed by atoms with Crippen LogP contribution in [0.4, 0.5) is 0 Å². The Labute approximate surface area is 174 Å². The normalized spacial score (nSPS) is 12.8. The number of amides is 1. The van der Waals surface area contributed by atoms with Gasteiger partial charge in [-0.15, -0.1) is 22.7 Å². The Morgan fingerprint density at radius 1 is 1.04 bits per heavy atom. The number of fused-ring (bicyclic) bond motifs is 1. The SMILES string of the molecule is CCc1nc(C)c2c(C)c(C(=O)N(C)C(C)c3sc(C(C)C)nc3C)sc2n1. The number of thiazole rings is 1. The van der Waals surface area contributed by atoms with Crippen molar-refractivity contribution in [2.45, 2.75) is 66.8 Å². The van der Waals surface area contributed by atoms with Gasteiger partial charge in [-0.05, 0) is 33.3 Å². The number of rotatable bonds is 5. The van der Waals surface area contributed by atoms with E-state index in [2.05, 4.69) is 30.7 Å². The molecule has 1 unspecified atom stereocenters. The Balaban J connectivity index is 1.97. The average molecular weight is 417 g/mol. The van der Waals surface area contributed by atoms with Gasteiger partial charge in [0, 0.05) is 35.3 Å². The number of thiophene rings is 1. The highest BCUT2D eigenvalue weighted by atomic mass is 32.1. The summed E-state index contributed by atoms with van der Waals surface area (Å²) in [6, 6.07) is -0.0273. The van der Waals surface area contributed by atoms with E-state index in [9.17, 15) is 4.79 Å². The van der Waals surface area contributed by atoms with Crippen LogP contribution in [-0.4, -0.2) is 32.8 Å². The molecule has 0 radical (unpaired) electrons. The molecular formula is C21H28N4OS2. The Morgan fingerprint density at radius 3 is 2.29 bits per heavy atom. The van der Waals surface area contributed by atoms with E-state index in [-0.39, 0.29) is 11.9 Å². The summed E-state index contributed by atoms with van der Waals surface area (Å²) in [5.41, 5.74) is 2.95. The van der Waals surface area contributed by atoms with Crippen molar-refractivity contribution < 1.29 is 4.79 Å². The van der Waals surface area contributed by atoms with Gasteiger partial charge < -0.3 is 4.90 Å². The predicted molar refractivity (Wildman–Crippen MR) is 118 cm³/mol. The predicted octanol–water partition coefficient (Wildman–Crippen LogP) is 5.59. The number of carbonyl (C=O) groups is 1. The third-order valence-corrected chi connectivity index (χ3v) is 7.95. The van der Waals surface area contributed by atoms with Crippen molar-refractivity contribution in [3.05, 3.63) is 37.5 Å². The molecule has 1 amide bonds. The molecule has 0 aliphatic rings. The summed E-state index contributed by atoms with van der Waals surface area (Å²) in [5.74, 6) is 1.25. The van der Waals surface area contributed by atoms with E-state index in [1.54, 1.807) is 11.3 Å². The van der Waals surface area contributed by atoms with E-state index in [0.717, 1.165) is 54.2 Å². The number of hydrogen-bond donors (Lipinski definition) is 0. The molecule has 28 heavy (non-hydrogen) atoms. The lowest BCUT2D eigenvalue weighted by atomic mass is 10.1. The fourth-order valence-corrected chi connectivity index (χ4v) is 5.73. The average Bonchev–Trinajstić information content (AvgIpc) is 3.20. The van der Waals surface area contributed by atoms with Crippen molar-refractivity contribution in [3.63, 3.8) is 0 Å². The summed E-state index contributed by atoms with van der Waals surface area (Å²) in [7, 11) is 1.88. The van der Waals surface area contributed by atoms with Crippen molar-refractivity contribution >= 4 is 38.8 Å². The number of aryl methyl sites for hydroxylation is 4. The van der Waals surface area contributed by atoms with Crippen LogP contribution in [-0.2, 0) is 6.42 Å². The van der Waals surface area contributed by atoms with E-state index >= 15 is 0 Å². The standard InChI is InChI=1S/C21H28N4OS2/c1-9-15-22-12(5)16-11(4)17(27-20(16)24-15)21(26)25(8)14(7)18-13(6)23-19(28-18)10(2)3/h10,14H,9H2,1-8H3. The van der Waals surface area contributed by atoms with Gasteiger partial charge in [0.15, 0.2) is 0 Å². The van der Waals surface area contributed by atoms with Gasteiger partial charge in [-0.1, -0.05) is 20.8 Å². The molecule has 7 heteroatoms. The van der Waals surface area contributed by atoms with Crippen LogP contribution in [0.25, 0.3) is 10.2 Å². The van der Waals surface area contributed by atoms with E-state index in [0.29, 0.717) is 5.92 Å². The van der Waals surface area contributed by atoms with Gasteiger partial charge in [0.25, 0.3) is 5.91 Å². The first-order valence-corrected chi connectivity index (χ1v) is 11.3. The molecule has 1 atom stereocenters. The summed E-state index contributed by atoms with van der Waals surface area (Å²) in [6.45, 7) is 14.4. The maximum absolute atomic E-state index is 13.3. The van der Waals surface area contributed by atoms with E-state index < -0.39 is 0 Å². The molecule has 0 saturated carbocycles. The van der Waals surface area contributed by atoms with Gasteiger partial charge in [0.05, 0.1) is 21.6 Å². The van der Waals surface area contributed by atoms with Crippen LogP contribution >= 0.6 is 22.7 Å². The Hall–Kier alpha value is -1.86. The molecule has 150 valence electrons. The highest BCUT2D eigenvalue weighted by molar-refractivity contribution is 7.20. The second-order valence-corrected chi connectivity index (χ2v) is 9.62. The largest absolute Gasteiger partial charge is 0.333 e. The van der Waals surface area contributed by atoms with Crippen LogP contribution in [0, 0.1) is 20.8 Å². The lowest BCUT2D eigenvalue weighted by molar-refractivity contribution is 0.0749. The van der Waals surface area contributed by atoms with Crippen LogP contribution in [0.2, 0.25) is 0 Å². The zero-order valence-corrected chi connectivity index (χ0v) is 19.5. The van der Waals surface area contributed by atoms with Gasteiger partial charge in [-0.3, -0.25) is 4.79 Å². The summed E-state index contributed by atoms with van der Waals surface area (Å²) in [4.78, 5) is 31.9. The number of carbonyl (C=O) groups excluding carboxylic acids is 1. The number of aromatic nitrogens is 3. The maximum Gasteiger partial charge on any atom is 0.264 e. The Kier molecular flexibility index (Phi) is 5.87. The van der Waals surface area contributed by atoms with Crippen molar-refractivity contribution in [3.8, 4) is 0 Å². The van der Waals surface area contributed by atoms with Crippen molar-refractivity contribution in [1.29, 1.82) is 0 Å². The van der Waals surface area contributed by atoms with Crippen molar-refractivity contribution in [1.82, 2.24) is 19.9 Å². The zero-order chi connectivity index (χ0) is 20.7. The van der Waals surface area contributed by atoms with Crippen molar-refractivity contribution in [2.75, 3.05) is 7.05 Å². The molecule has 5 nitrogen and oxygen atoms in total. The molecule has 0 aliphatic carbocycles. The molecule has 3 aromatic rings. The molecule has 0 aliphatic heterocycles. The smallest absolute Gasteiger partial charge is 0.264 e.